The average Bonchev–Trinajstić information content (AvgIpc) is 2.72. The summed E-state index contributed by atoms with van der Waals surface area (Å²) < 4.78 is 0. The number of nitrogens with zero attached hydrogens (tertiary/aromatic N) is 2. The Morgan fingerprint density at radius 1 is 1.43 bits per heavy atom. The Kier molecular flexibility index (Phi) is 2.49. The number of thiazole rings is 1. The highest BCUT2D eigenvalue weighted by Gasteiger charge is 2.01. The number of imidazole rings is 1. The molecule has 0 aliphatic rings. The van der Waals surface area contributed by atoms with Gasteiger partial charge >= 0.3 is 0 Å². The molecule has 0 radical (unpaired) electrons. The molecule has 0 saturated heterocycles. The van der Waals surface area contributed by atoms with E-state index in [1.54, 1.807) is 11.3 Å². The van der Waals surface area contributed by atoms with E-state index in [0.29, 0.717) is 0 Å². The number of hydrogen-bond acceptors (Lipinski definition) is 4. The minimum absolute atomic E-state index is 0.781. The molecule has 0 fully saturated rings. The summed E-state index contributed by atoms with van der Waals surface area (Å²) >= 11 is 1.66. The van der Waals surface area contributed by atoms with Crippen molar-refractivity contribution < 1.29 is 0 Å². The number of rotatable bonds is 3. The van der Waals surface area contributed by atoms with E-state index in [9.17, 15) is 0 Å². The van der Waals surface area contributed by atoms with E-state index < -0.39 is 0 Å². The van der Waals surface area contributed by atoms with Crippen molar-refractivity contribution in [2.75, 3.05) is 5.32 Å². The molecule has 2 heterocycles. The van der Waals surface area contributed by atoms with E-state index >= 15 is 0 Å². The second-order valence-electron chi connectivity index (χ2n) is 3.13. The fourth-order valence-corrected chi connectivity index (χ4v) is 1.88. The molecule has 0 atom stereocenters. The molecule has 0 spiro atoms. The monoisotopic (exact) mass is 208 g/mol. The molecule has 0 amide bonds. The molecular weight excluding hydrogens is 196 g/mol. The molecule has 14 heavy (non-hydrogen) atoms. The normalized spacial score (nSPS) is 10.4. The molecule has 5 heteroatoms. The zero-order valence-corrected chi connectivity index (χ0v) is 8.98. The van der Waals surface area contributed by atoms with Crippen molar-refractivity contribution in [3.63, 3.8) is 0 Å². The number of aromatic nitrogens is 3. The molecule has 0 bridgehead atoms. The van der Waals surface area contributed by atoms with Gasteiger partial charge in [0.25, 0.3) is 0 Å². The summed E-state index contributed by atoms with van der Waals surface area (Å²) in [5.41, 5.74) is 4.01. The summed E-state index contributed by atoms with van der Waals surface area (Å²) in [7, 11) is 0. The van der Waals surface area contributed by atoms with Crippen molar-refractivity contribution in [3.8, 4) is 0 Å². The van der Waals surface area contributed by atoms with Crippen LogP contribution in [0, 0.1) is 13.8 Å². The molecule has 0 aliphatic heterocycles. The first-order chi connectivity index (χ1) is 6.75. The van der Waals surface area contributed by atoms with Gasteiger partial charge in [-0.1, -0.05) is 0 Å². The summed E-state index contributed by atoms with van der Waals surface area (Å²) in [5, 5.41) is 3.21. The molecular formula is C9H12N4S. The Labute approximate surface area is 86.4 Å². The summed E-state index contributed by atoms with van der Waals surface area (Å²) in [5.74, 6) is 0.815. The van der Waals surface area contributed by atoms with Crippen molar-refractivity contribution in [3.05, 3.63) is 28.0 Å². The smallest absolute Gasteiger partial charge is 0.200 e. The largest absolute Gasteiger partial charge is 0.351 e. The van der Waals surface area contributed by atoms with E-state index in [-0.39, 0.29) is 0 Å². The van der Waals surface area contributed by atoms with Gasteiger partial charge < -0.3 is 10.3 Å². The van der Waals surface area contributed by atoms with Gasteiger partial charge in [0.1, 0.15) is 0 Å². The number of aryl methyl sites for hydroxylation is 2. The average molecular weight is 208 g/mol. The lowest BCUT2D eigenvalue weighted by Gasteiger charge is -2.00. The van der Waals surface area contributed by atoms with Crippen LogP contribution in [0.2, 0.25) is 0 Å². The van der Waals surface area contributed by atoms with Crippen LogP contribution < -0.4 is 5.32 Å². The topological polar surface area (TPSA) is 53.6 Å². The lowest BCUT2D eigenvalue weighted by atomic mass is 10.4. The number of aromatic amines is 1. The standard InChI is InChI=1S/C9H12N4S/c1-6-3-10-9(13-6)11-4-8-7(2)12-5-14-8/h3,5H,4H2,1-2H3,(H2,10,11,13). The predicted octanol–water partition coefficient (Wildman–Crippen LogP) is 2.10. The predicted molar refractivity (Wildman–Crippen MR) is 57.5 cm³/mol. The van der Waals surface area contributed by atoms with E-state index in [2.05, 4.69) is 20.3 Å². The Balaban J connectivity index is 1.98. The van der Waals surface area contributed by atoms with E-state index in [1.165, 1.54) is 4.88 Å². The number of nitrogens with one attached hydrogen (secondary N) is 2. The third kappa shape index (κ3) is 1.93. The van der Waals surface area contributed by atoms with Gasteiger partial charge in [-0.3, -0.25) is 0 Å². The molecule has 0 aromatic carbocycles. The van der Waals surface area contributed by atoms with E-state index in [0.717, 1.165) is 23.9 Å². The zero-order valence-electron chi connectivity index (χ0n) is 8.16. The Bertz CT molecular complexity index is 418. The maximum atomic E-state index is 4.18. The maximum absolute atomic E-state index is 4.18. The van der Waals surface area contributed by atoms with Gasteiger partial charge in [0.15, 0.2) is 0 Å². The summed E-state index contributed by atoms with van der Waals surface area (Å²) in [6.07, 6.45) is 1.81. The van der Waals surface area contributed by atoms with Crippen LogP contribution in [-0.4, -0.2) is 15.0 Å². The molecule has 2 rings (SSSR count). The van der Waals surface area contributed by atoms with Gasteiger partial charge in [-0.05, 0) is 13.8 Å². The van der Waals surface area contributed by atoms with Crippen molar-refractivity contribution in [2.45, 2.75) is 20.4 Å². The lowest BCUT2D eigenvalue weighted by molar-refractivity contribution is 1.08. The Morgan fingerprint density at radius 2 is 2.29 bits per heavy atom. The summed E-state index contributed by atoms with van der Waals surface area (Å²) in [6, 6.07) is 0. The fraction of sp³-hybridized carbons (Fsp3) is 0.333. The van der Waals surface area contributed by atoms with Crippen LogP contribution in [0.4, 0.5) is 5.95 Å². The Hall–Kier alpha value is -1.36. The third-order valence-electron chi connectivity index (χ3n) is 1.96. The molecule has 4 nitrogen and oxygen atoms in total. The van der Waals surface area contributed by atoms with Crippen LogP contribution in [0.5, 0.6) is 0 Å². The summed E-state index contributed by atoms with van der Waals surface area (Å²) in [4.78, 5) is 12.7. The van der Waals surface area contributed by atoms with E-state index in [4.69, 9.17) is 0 Å². The van der Waals surface area contributed by atoms with Crippen molar-refractivity contribution in [1.82, 2.24) is 15.0 Å². The number of anilines is 1. The number of hydrogen-bond donors (Lipinski definition) is 2. The van der Waals surface area contributed by atoms with Crippen LogP contribution in [0.15, 0.2) is 11.7 Å². The highest BCUT2D eigenvalue weighted by Crippen LogP contribution is 2.13. The zero-order chi connectivity index (χ0) is 9.97. The SMILES string of the molecule is Cc1cnc(NCc2scnc2C)[nH]1. The van der Waals surface area contributed by atoms with Gasteiger partial charge in [0, 0.05) is 16.8 Å². The molecule has 0 aliphatic carbocycles. The lowest BCUT2D eigenvalue weighted by Crippen LogP contribution is -2.00. The first kappa shape index (κ1) is 9.21. The maximum Gasteiger partial charge on any atom is 0.200 e. The van der Waals surface area contributed by atoms with Crippen LogP contribution in [0.1, 0.15) is 16.3 Å². The second kappa shape index (κ2) is 3.79. The molecule has 0 unspecified atom stereocenters. The van der Waals surface area contributed by atoms with Crippen LogP contribution in [-0.2, 0) is 6.54 Å². The minimum Gasteiger partial charge on any atom is -0.351 e. The minimum atomic E-state index is 0.781. The van der Waals surface area contributed by atoms with Gasteiger partial charge in [0.05, 0.1) is 17.7 Å². The van der Waals surface area contributed by atoms with Gasteiger partial charge in [-0.2, -0.15) is 0 Å². The third-order valence-corrected chi connectivity index (χ3v) is 2.90. The first-order valence-electron chi connectivity index (χ1n) is 4.40. The molecule has 2 aromatic rings. The highest BCUT2D eigenvalue weighted by atomic mass is 32.1. The van der Waals surface area contributed by atoms with Gasteiger partial charge in [-0.25, -0.2) is 9.97 Å². The van der Waals surface area contributed by atoms with Crippen molar-refractivity contribution in [1.29, 1.82) is 0 Å². The molecule has 2 N–H and O–H groups in total. The van der Waals surface area contributed by atoms with Gasteiger partial charge in [-0.15, -0.1) is 11.3 Å². The fourth-order valence-electron chi connectivity index (χ4n) is 1.16. The van der Waals surface area contributed by atoms with Crippen LogP contribution in [0.3, 0.4) is 0 Å². The Morgan fingerprint density at radius 3 is 2.86 bits per heavy atom. The van der Waals surface area contributed by atoms with Crippen molar-refractivity contribution in [2.24, 2.45) is 0 Å². The van der Waals surface area contributed by atoms with Gasteiger partial charge in [0.2, 0.25) is 5.95 Å². The van der Waals surface area contributed by atoms with E-state index in [1.807, 2.05) is 25.6 Å². The molecule has 0 saturated carbocycles. The van der Waals surface area contributed by atoms with Crippen LogP contribution in [0.25, 0.3) is 0 Å². The summed E-state index contributed by atoms with van der Waals surface area (Å²) in [6.45, 7) is 4.78. The molecule has 2 aromatic heterocycles. The van der Waals surface area contributed by atoms with Crippen molar-refractivity contribution >= 4 is 17.3 Å². The first-order valence-corrected chi connectivity index (χ1v) is 5.28. The number of H-pyrrole nitrogens is 1. The highest BCUT2D eigenvalue weighted by molar-refractivity contribution is 7.09. The quantitative estimate of drug-likeness (QED) is 0.812. The second-order valence-corrected chi connectivity index (χ2v) is 4.07. The molecule has 74 valence electrons. The van der Waals surface area contributed by atoms with Crippen LogP contribution >= 0.6 is 11.3 Å².